The van der Waals surface area contributed by atoms with Crippen molar-refractivity contribution >= 4 is 0 Å². The summed E-state index contributed by atoms with van der Waals surface area (Å²) >= 11 is 0. The van der Waals surface area contributed by atoms with Crippen LogP contribution in [-0.2, 0) is 6.54 Å². The van der Waals surface area contributed by atoms with Gasteiger partial charge >= 0.3 is 0 Å². The van der Waals surface area contributed by atoms with Crippen molar-refractivity contribution in [1.82, 2.24) is 10.2 Å². The Morgan fingerprint density at radius 3 is 2.83 bits per heavy atom. The smallest absolute Gasteiger partial charge is 0.0631 e. The van der Waals surface area contributed by atoms with Gasteiger partial charge in [-0.15, -0.1) is 0 Å². The van der Waals surface area contributed by atoms with Gasteiger partial charge in [-0.2, -0.15) is 0 Å². The Hall–Kier alpha value is -0.900. The van der Waals surface area contributed by atoms with Gasteiger partial charge in [0.05, 0.1) is 12.1 Å². The van der Waals surface area contributed by atoms with Gasteiger partial charge in [0.2, 0.25) is 0 Å². The van der Waals surface area contributed by atoms with E-state index in [0.29, 0.717) is 12.1 Å². The summed E-state index contributed by atoms with van der Waals surface area (Å²) in [7, 11) is 0. The molecule has 0 amide bonds. The number of nitrogens with zero attached hydrogens (tertiary/aromatic N) is 1. The van der Waals surface area contributed by atoms with Gasteiger partial charge in [-0.3, -0.25) is 4.90 Å². The third-order valence-corrected chi connectivity index (χ3v) is 4.54. The molecular formula is C15H22N2O. The van der Waals surface area contributed by atoms with E-state index < -0.39 is 0 Å². The third kappa shape index (κ3) is 1.96. The second-order valence-corrected chi connectivity index (χ2v) is 5.66. The van der Waals surface area contributed by atoms with Crippen LogP contribution in [-0.4, -0.2) is 40.8 Å². The quantitative estimate of drug-likeness (QED) is 0.842. The molecule has 1 saturated heterocycles. The molecule has 18 heavy (non-hydrogen) atoms. The molecule has 2 aliphatic rings. The summed E-state index contributed by atoms with van der Waals surface area (Å²) in [5, 5.41) is 13.4. The first-order chi connectivity index (χ1) is 8.78. The van der Waals surface area contributed by atoms with Crippen molar-refractivity contribution in [2.45, 2.75) is 43.9 Å². The maximum absolute atomic E-state index is 9.72. The minimum atomic E-state index is 0.0154. The molecule has 0 radical (unpaired) electrons. The Balaban J connectivity index is 1.76. The van der Waals surface area contributed by atoms with Crippen LogP contribution in [0.1, 0.15) is 25.3 Å². The first kappa shape index (κ1) is 12.2. The van der Waals surface area contributed by atoms with Gasteiger partial charge in [0.25, 0.3) is 0 Å². The Morgan fingerprint density at radius 1 is 1.39 bits per heavy atom. The number of benzene rings is 1. The van der Waals surface area contributed by atoms with Crippen molar-refractivity contribution in [3.63, 3.8) is 0 Å². The van der Waals surface area contributed by atoms with Gasteiger partial charge in [0, 0.05) is 25.2 Å². The molecule has 0 bridgehead atoms. The van der Waals surface area contributed by atoms with Crippen molar-refractivity contribution in [2.75, 3.05) is 13.2 Å². The van der Waals surface area contributed by atoms with E-state index in [-0.39, 0.29) is 12.1 Å². The van der Waals surface area contributed by atoms with Gasteiger partial charge < -0.3 is 10.4 Å². The molecule has 2 fully saturated rings. The van der Waals surface area contributed by atoms with E-state index in [2.05, 4.69) is 47.5 Å². The first-order valence-electron chi connectivity index (χ1n) is 6.94. The molecule has 0 aromatic heterocycles. The summed E-state index contributed by atoms with van der Waals surface area (Å²) in [5.41, 5.74) is 1.36. The van der Waals surface area contributed by atoms with Crippen LogP contribution in [0.5, 0.6) is 0 Å². The maximum atomic E-state index is 9.72. The van der Waals surface area contributed by atoms with Crippen LogP contribution in [0, 0.1) is 0 Å². The lowest BCUT2D eigenvalue weighted by Gasteiger charge is -2.39. The van der Waals surface area contributed by atoms with Crippen molar-refractivity contribution in [1.29, 1.82) is 0 Å². The van der Waals surface area contributed by atoms with Crippen molar-refractivity contribution in [3.05, 3.63) is 35.9 Å². The fraction of sp³-hybridized carbons (Fsp3) is 0.600. The van der Waals surface area contributed by atoms with Crippen molar-refractivity contribution in [2.24, 2.45) is 0 Å². The molecule has 3 heteroatoms. The van der Waals surface area contributed by atoms with Crippen LogP contribution in [0.4, 0.5) is 0 Å². The molecule has 2 N–H and O–H groups in total. The highest BCUT2D eigenvalue weighted by molar-refractivity contribution is 5.23. The van der Waals surface area contributed by atoms with Crippen molar-refractivity contribution in [3.8, 4) is 0 Å². The van der Waals surface area contributed by atoms with Gasteiger partial charge in [-0.25, -0.2) is 0 Å². The molecule has 3 nitrogen and oxygen atoms in total. The zero-order valence-corrected chi connectivity index (χ0v) is 11.0. The molecule has 1 saturated carbocycles. The summed E-state index contributed by atoms with van der Waals surface area (Å²) < 4.78 is 0. The second kappa shape index (κ2) is 4.65. The average Bonchev–Trinajstić information content (AvgIpc) is 3.15. The van der Waals surface area contributed by atoms with Crippen LogP contribution in [0.25, 0.3) is 0 Å². The van der Waals surface area contributed by atoms with E-state index >= 15 is 0 Å². The number of hydrogen-bond acceptors (Lipinski definition) is 3. The molecule has 1 aromatic carbocycles. The van der Waals surface area contributed by atoms with E-state index in [1.807, 2.05) is 0 Å². The molecule has 1 aliphatic heterocycles. The van der Waals surface area contributed by atoms with Crippen LogP contribution in [0.2, 0.25) is 0 Å². The molecule has 1 heterocycles. The van der Waals surface area contributed by atoms with Gasteiger partial charge in [-0.1, -0.05) is 37.3 Å². The Bertz CT molecular complexity index is 408. The standard InChI is InChI=1S/C15H22N2O/c1-2-13-10-17(9-12-6-4-3-5-7-12)15(11-18)8-14(15)16-13/h3-7,13-14,16,18H,2,8-11H2,1H3/t13-,14+,15+/m1/s1. The summed E-state index contributed by atoms with van der Waals surface area (Å²) in [4.78, 5) is 2.48. The monoisotopic (exact) mass is 246 g/mol. The number of fused-ring (bicyclic) bond motifs is 1. The molecule has 98 valence electrons. The third-order valence-electron chi connectivity index (χ3n) is 4.54. The molecule has 1 aliphatic carbocycles. The largest absolute Gasteiger partial charge is 0.394 e. The maximum Gasteiger partial charge on any atom is 0.0631 e. The molecule has 0 spiro atoms. The molecular weight excluding hydrogens is 224 g/mol. The van der Waals surface area contributed by atoms with E-state index in [4.69, 9.17) is 0 Å². The zero-order chi connectivity index (χ0) is 12.6. The molecule has 1 aromatic rings. The number of aliphatic hydroxyl groups excluding tert-OH is 1. The van der Waals surface area contributed by atoms with Crippen LogP contribution >= 0.6 is 0 Å². The minimum absolute atomic E-state index is 0.0154. The summed E-state index contributed by atoms with van der Waals surface area (Å²) in [5.74, 6) is 0. The van der Waals surface area contributed by atoms with E-state index in [1.165, 1.54) is 5.56 Å². The van der Waals surface area contributed by atoms with Gasteiger partial charge in [-0.05, 0) is 18.4 Å². The number of rotatable bonds is 4. The highest BCUT2D eigenvalue weighted by atomic mass is 16.3. The Labute approximate surface area is 109 Å². The predicted molar refractivity (Wildman–Crippen MR) is 72.3 cm³/mol. The van der Waals surface area contributed by atoms with E-state index in [1.54, 1.807) is 0 Å². The molecule has 3 rings (SSSR count). The predicted octanol–water partition coefficient (Wildman–Crippen LogP) is 1.37. The van der Waals surface area contributed by atoms with Gasteiger partial charge in [0.15, 0.2) is 0 Å². The molecule has 0 unspecified atom stereocenters. The van der Waals surface area contributed by atoms with Crippen LogP contribution in [0.3, 0.4) is 0 Å². The zero-order valence-electron chi connectivity index (χ0n) is 11.0. The number of hydrogen-bond donors (Lipinski definition) is 2. The van der Waals surface area contributed by atoms with Crippen molar-refractivity contribution < 1.29 is 5.11 Å². The van der Waals surface area contributed by atoms with E-state index in [0.717, 1.165) is 25.9 Å². The minimum Gasteiger partial charge on any atom is -0.394 e. The summed E-state index contributed by atoms with van der Waals surface area (Å²) in [6, 6.07) is 11.6. The summed E-state index contributed by atoms with van der Waals surface area (Å²) in [6.07, 6.45) is 2.25. The number of nitrogens with one attached hydrogen (secondary N) is 1. The van der Waals surface area contributed by atoms with Crippen LogP contribution < -0.4 is 5.32 Å². The topological polar surface area (TPSA) is 35.5 Å². The normalized spacial score (nSPS) is 35.2. The molecule has 3 atom stereocenters. The lowest BCUT2D eigenvalue weighted by molar-refractivity contribution is 0.0574. The first-order valence-corrected chi connectivity index (χ1v) is 6.94. The average molecular weight is 246 g/mol. The highest BCUT2D eigenvalue weighted by Gasteiger charge is 2.60. The fourth-order valence-corrected chi connectivity index (χ4v) is 3.19. The SMILES string of the molecule is CC[C@@H]1CN(Cc2ccccc2)[C@]2(CO)C[C@@H]2N1. The number of piperazine rings is 1. The lowest BCUT2D eigenvalue weighted by atomic mass is 10.1. The summed E-state index contributed by atoms with van der Waals surface area (Å²) in [6.45, 7) is 4.50. The van der Waals surface area contributed by atoms with Gasteiger partial charge in [0.1, 0.15) is 0 Å². The van der Waals surface area contributed by atoms with E-state index in [9.17, 15) is 5.11 Å². The fourth-order valence-electron chi connectivity index (χ4n) is 3.19. The Kier molecular flexibility index (Phi) is 3.14. The second-order valence-electron chi connectivity index (χ2n) is 5.66. The number of aliphatic hydroxyl groups is 1. The van der Waals surface area contributed by atoms with Crippen LogP contribution in [0.15, 0.2) is 30.3 Å². The Morgan fingerprint density at radius 2 is 2.17 bits per heavy atom. The lowest BCUT2D eigenvalue weighted by Crippen LogP contribution is -2.57. The highest BCUT2D eigenvalue weighted by Crippen LogP contribution is 2.45.